The molecule has 11 heteroatoms. The second kappa shape index (κ2) is 11.6. The molecule has 8 nitrogen and oxygen atoms in total. The van der Waals surface area contributed by atoms with E-state index in [0.29, 0.717) is 52.2 Å². The first-order chi connectivity index (χ1) is 19.1. The van der Waals surface area contributed by atoms with Crippen LogP contribution in [0.3, 0.4) is 0 Å². The van der Waals surface area contributed by atoms with Gasteiger partial charge in [0.1, 0.15) is 39.5 Å². The molecule has 0 spiro atoms. The van der Waals surface area contributed by atoms with Crippen molar-refractivity contribution < 1.29 is 22.0 Å². The van der Waals surface area contributed by atoms with Crippen molar-refractivity contribution in [2.75, 3.05) is 24.3 Å². The Labute approximate surface area is 235 Å². The van der Waals surface area contributed by atoms with Gasteiger partial charge in [-0.25, -0.2) is 22.8 Å². The number of rotatable bonds is 10. The van der Waals surface area contributed by atoms with Crippen molar-refractivity contribution in [1.29, 1.82) is 0 Å². The average Bonchev–Trinajstić information content (AvgIpc) is 3.38. The lowest BCUT2D eigenvalue weighted by atomic mass is 10.0. The van der Waals surface area contributed by atoms with Crippen LogP contribution in [0.2, 0.25) is 5.02 Å². The van der Waals surface area contributed by atoms with E-state index in [4.69, 9.17) is 26.5 Å². The fourth-order valence-electron chi connectivity index (χ4n) is 4.17. The van der Waals surface area contributed by atoms with Gasteiger partial charge in [0, 0.05) is 29.3 Å². The number of anilines is 1. The lowest BCUT2D eigenvalue weighted by molar-refractivity contribution is 0.306. The smallest absolute Gasteiger partial charge is 0.221 e. The Kier molecular flexibility index (Phi) is 8.02. The molecule has 0 aliphatic heterocycles. The molecule has 5 aromatic rings. The number of benzene rings is 3. The Hall–Kier alpha value is -3.99. The molecule has 3 aromatic carbocycles. The van der Waals surface area contributed by atoms with Gasteiger partial charge in [-0.15, -0.1) is 0 Å². The van der Waals surface area contributed by atoms with Crippen molar-refractivity contribution in [2.45, 2.75) is 13.2 Å². The topological polar surface area (TPSA) is 120 Å². The molecule has 0 bridgehead atoms. The number of nitrogens with one attached hydrogen (secondary N) is 1. The fraction of sp³-hybridized carbons (Fsp3) is 0.172. The maximum atomic E-state index is 13.5. The van der Waals surface area contributed by atoms with E-state index >= 15 is 0 Å². The number of hydrogen-bond donors (Lipinski definition) is 2. The van der Waals surface area contributed by atoms with Crippen LogP contribution in [-0.4, -0.2) is 36.9 Å². The minimum absolute atomic E-state index is 0.0568. The third-order valence-corrected chi connectivity index (χ3v) is 7.34. The maximum Gasteiger partial charge on any atom is 0.221 e. The van der Waals surface area contributed by atoms with Gasteiger partial charge in [0.2, 0.25) is 5.95 Å². The van der Waals surface area contributed by atoms with Gasteiger partial charge in [-0.2, -0.15) is 0 Å². The van der Waals surface area contributed by atoms with Gasteiger partial charge in [-0.1, -0.05) is 23.7 Å². The molecule has 0 saturated carbocycles. The number of aromatic nitrogens is 2. The molecule has 0 aliphatic rings. The summed E-state index contributed by atoms with van der Waals surface area (Å²) in [6.07, 6.45) is 1.20. The molecular formula is C29H26ClFN4O4S. The SMILES string of the molecule is CS(=O)(=O)CCNCc1ccc(-c2ccc3nc(N)nc(-c4ccc(OCc5cccc(F)c5)c(Cl)c4)c3c2)o1. The molecule has 0 aliphatic carbocycles. The first-order valence-corrected chi connectivity index (χ1v) is 14.8. The number of nitrogens with two attached hydrogens (primary N) is 1. The van der Waals surface area contributed by atoms with Crippen LogP contribution in [-0.2, 0) is 23.0 Å². The van der Waals surface area contributed by atoms with E-state index in [-0.39, 0.29) is 24.1 Å². The number of ether oxygens (including phenoxy) is 1. The van der Waals surface area contributed by atoms with Crippen LogP contribution in [0.5, 0.6) is 5.75 Å². The first-order valence-electron chi connectivity index (χ1n) is 12.4. The monoisotopic (exact) mass is 580 g/mol. The Morgan fingerprint density at radius 2 is 1.85 bits per heavy atom. The van der Waals surface area contributed by atoms with E-state index in [0.717, 1.165) is 16.5 Å². The number of nitrogens with zero attached hydrogens (tertiary/aromatic N) is 2. The van der Waals surface area contributed by atoms with Crippen molar-refractivity contribution in [3.05, 3.63) is 95.0 Å². The van der Waals surface area contributed by atoms with E-state index in [2.05, 4.69) is 15.3 Å². The summed E-state index contributed by atoms with van der Waals surface area (Å²) in [6.45, 7) is 0.909. The quantitative estimate of drug-likeness (QED) is 0.203. The number of sulfone groups is 1. The van der Waals surface area contributed by atoms with E-state index in [9.17, 15) is 12.8 Å². The van der Waals surface area contributed by atoms with Crippen molar-refractivity contribution in [3.63, 3.8) is 0 Å². The predicted molar refractivity (Wildman–Crippen MR) is 154 cm³/mol. The number of halogens is 2. The summed E-state index contributed by atoms with van der Waals surface area (Å²) in [4.78, 5) is 8.86. The van der Waals surface area contributed by atoms with Crippen LogP contribution >= 0.6 is 11.6 Å². The summed E-state index contributed by atoms with van der Waals surface area (Å²) in [7, 11) is -3.03. The minimum Gasteiger partial charge on any atom is -0.487 e. The summed E-state index contributed by atoms with van der Waals surface area (Å²) >= 11 is 6.55. The summed E-state index contributed by atoms with van der Waals surface area (Å²) < 4.78 is 47.9. The van der Waals surface area contributed by atoms with Gasteiger partial charge < -0.3 is 20.2 Å². The number of hydrogen-bond acceptors (Lipinski definition) is 8. The van der Waals surface area contributed by atoms with E-state index in [1.54, 1.807) is 24.3 Å². The zero-order chi connectivity index (χ0) is 28.3. The predicted octanol–water partition coefficient (Wildman–Crippen LogP) is 5.64. The zero-order valence-corrected chi connectivity index (χ0v) is 23.1. The largest absolute Gasteiger partial charge is 0.487 e. The molecule has 0 amide bonds. The molecule has 0 unspecified atom stereocenters. The Morgan fingerprint density at radius 1 is 1.02 bits per heavy atom. The van der Waals surface area contributed by atoms with Gasteiger partial charge in [-0.05, 0) is 66.2 Å². The Balaban J connectivity index is 1.38. The van der Waals surface area contributed by atoms with Crippen LogP contribution in [0.4, 0.5) is 10.3 Å². The highest BCUT2D eigenvalue weighted by atomic mass is 35.5. The highest BCUT2D eigenvalue weighted by Gasteiger charge is 2.14. The van der Waals surface area contributed by atoms with E-state index < -0.39 is 9.84 Å². The Bertz CT molecular complexity index is 1790. The van der Waals surface area contributed by atoms with Gasteiger partial charge >= 0.3 is 0 Å². The summed E-state index contributed by atoms with van der Waals surface area (Å²) in [5, 5.41) is 4.19. The van der Waals surface area contributed by atoms with Crippen LogP contribution in [0.1, 0.15) is 11.3 Å². The molecule has 0 atom stereocenters. The van der Waals surface area contributed by atoms with Crippen molar-refractivity contribution in [2.24, 2.45) is 0 Å². The van der Waals surface area contributed by atoms with Crippen LogP contribution in [0.15, 0.2) is 77.2 Å². The highest BCUT2D eigenvalue weighted by molar-refractivity contribution is 7.90. The lowest BCUT2D eigenvalue weighted by Gasteiger charge is -2.12. The minimum atomic E-state index is -3.03. The summed E-state index contributed by atoms with van der Waals surface area (Å²) in [5.74, 6) is 1.62. The number of nitrogen functional groups attached to an aromatic ring is 1. The van der Waals surface area contributed by atoms with Crippen molar-refractivity contribution in [3.8, 4) is 28.3 Å². The lowest BCUT2D eigenvalue weighted by Crippen LogP contribution is -2.21. The normalized spacial score (nSPS) is 11.7. The maximum absolute atomic E-state index is 13.5. The molecule has 0 saturated heterocycles. The van der Waals surface area contributed by atoms with Gasteiger partial charge in [-0.3, -0.25) is 0 Å². The highest BCUT2D eigenvalue weighted by Crippen LogP contribution is 2.35. The Morgan fingerprint density at radius 3 is 2.62 bits per heavy atom. The van der Waals surface area contributed by atoms with Crippen LogP contribution < -0.4 is 15.8 Å². The molecule has 2 aromatic heterocycles. The standard InChI is InChI=1S/C29H26ClFN4O4S/c1-40(36,37)12-11-33-16-22-7-10-26(39-22)19-5-8-25-23(14-19)28(35-29(32)34-25)20-6-9-27(24(30)15-20)38-17-18-3-2-4-21(31)13-18/h2-10,13-15,33H,11-12,16-17H2,1H3,(H2,32,34,35). The molecule has 3 N–H and O–H groups in total. The van der Waals surface area contributed by atoms with Crippen molar-refractivity contribution >= 4 is 38.3 Å². The molecule has 0 fully saturated rings. The second-order valence-electron chi connectivity index (χ2n) is 9.30. The molecule has 206 valence electrons. The van der Waals surface area contributed by atoms with Gasteiger partial charge in [0.15, 0.2) is 0 Å². The van der Waals surface area contributed by atoms with E-state index in [1.165, 1.54) is 18.4 Å². The summed E-state index contributed by atoms with van der Waals surface area (Å²) in [5.41, 5.74) is 9.48. The van der Waals surface area contributed by atoms with Crippen molar-refractivity contribution in [1.82, 2.24) is 15.3 Å². The number of fused-ring (bicyclic) bond motifs is 1. The fourth-order valence-corrected chi connectivity index (χ4v) is 4.92. The van der Waals surface area contributed by atoms with Gasteiger partial charge in [0.05, 0.1) is 28.5 Å². The third kappa shape index (κ3) is 6.77. The van der Waals surface area contributed by atoms with Crippen LogP contribution in [0.25, 0.3) is 33.5 Å². The van der Waals surface area contributed by atoms with E-state index in [1.807, 2.05) is 36.4 Å². The second-order valence-corrected chi connectivity index (χ2v) is 12.0. The van der Waals surface area contributed by atoms with Gasteiger partial charge in [0.25, 0.3) is 0 Å². The number of furan rings is 1. The molecule has 40 heavy (non-hydrogen) atoms. The third-order valence-electron chi connectivity index (χ3n) is 6.10. The molecular weight excluding hydrogens is 555 g/mol. The summed E-state index contributed by atoms with van der Waals surface area (Å²) in [6, 6.07) is 20.8. The van der Waals surface area contributed by atoms with Crippen LogP contribution in [0, 0.1) is 5.82 Å². The average molecular weight is 581 g/mol. The first kappa shape index (κ1) is 27.6. The molecule has 5 rings (SSSR count). The zero-order valence-electron chi connectivity index (χ0n) is 21.5. The molecule has 0 radical (unpaired) electrons. The molecule has 2 heterocycles.